The molecule has 1 aliphatic rings. The predicted octanol–water partition coefficient (Wildman–Crippen LogP) is 0.954. The lowest BCUT2D eigenvalue weighted by atomic mass is 10.2. The van der Waals surface area contributed by atoms with E-state index in [2.05, 4.69) is 46.2 Å². The average Bonchev–Trinajstić information content (AvgIpc) is 2.72. The van der Waals surface area contributed by atoms with E-state index in [1.165, 1.54) is 13.1 Å². The van der Waals surface area contributed by atoms with Crippen LogP contribution in [0.4, 0.5) is 0 Å². The lowest BCUT2D eigenvalue weighted by molar-refractivity contribution is 0.212. The molecule has 1 saturated heterocycles. The summed E-state index contributed by atoms with van der Waals surface area (Å²) in [6, 6.07) is 4.77. The van der Waals surface area contributed by atoms with E-state index >= 15 is 0 Å². The zero-order valence-electron chi connectivity index (χ0n) is 8.82. The summed E-state index contributed by atoms with van der Waals surface area (Å²) in [5, 5.41) is 3.37. The van der Waals surface area contributed by atoms with Gasteiger partial charge in [-0.15, -0.1) is 0 Å². The number of nitrogens with one attached hydrogen (secondary N) is 1. The Labute approximate surface area is 85.7 Å². The highest BCUT2D eigenvalue weighted by atomic mass is 15.2. The molecule has 1 atom stereocenters. The Morgan fingerprint density at radius 3 is 2.50 bits per heavy atom. The number of piperazine rings is 1. The molecule has 2 rings (SSSR count). The van der Waals surface area contributed by atoms with Crippen molar-refractivity contribution in [3.05, 3.63) is 24.5 Å². The van der Waals surface area contributed by atoms with Crippen molar-refractivity contribution in [2.24, 2.45) is 0 Å². The molecule has 3 nitrogen and oxygen atoms in total. The van der Waals surface area contributed by atoms with Crippen molar-refractivity contribution in [1.82, 2.24) is 14.8 Å². The molecule has 0 aliphatic carbocycles. The van der Waals surface area contributed by atoms with Gasteiger partial charge in [0.05, 0.1) is 0 Å². The summed E-state index contributed by atoms with van der Waals surface area (Å²) >= 11 is 0. The third-order valence-electron chi connectivity index (χ3n) is 2.87. The monoisotopic (exact) mass is 193 g/mol. The van der Waals surface area contributed by atoms with Gasteiger partial charge in [0.25, 0.3) is 0 Å². The van der Waals surface area contributed by atoms with Gasteiger partial charge in [0.15, 0.2) is 0 Å². The second-order valence-corrected chi connectivity index (χ2v) is 4.03. The van der Waals surface area contributed by atoms with Crippen molar-refractivity contribution in [2.45, 2.75) is 13.0 Å². The molecular formula is C11H19N3. The summed E-state index contributed by atoms with van der Waals surface area (Å²) in [5.41, 5.74) is 0. The van der Waals surface area contributed by atoms with Gasteiger partial charge in [0.1, 0.15) is 0 Å². The first-order valence-corrected chi connectivity index (χ1v) is 5.42. The van der Waals surface area contributed by atoms with Crippen LogP contribution in [-0.2, 0) is 0 Å². The topological polar surface area (TPSA) is 20.2 Å². The van der Waals surface area contributed by atoms with Gasteiger partial charge in [-0.25, -0.2) is 0 Å². The molecule has 0 saturated carbocycles. The zero-order valence-corrected chi connectivity index (χ0v) is 8.82. The van der Waals surface area contributed by atoms with Crippen molar-refractivity contribution in [3.8, 4) is 0 Å². The zero-order chi connectivity index (χ0) is 9.80. The van der Waals surface area contributed by atoms with Crippen molar-refractivity contribution in [1.29, 1.82) is 0 Å². The summed E-state index contributed by atoms with van der Waals surface area (Å²) in [6.07, 6.45) is 4.29. The molecule has 0 bridgehead atoms. The number of aromatic nitrogens is 1. The first-order chi connectivity index (χ1) is 6.86. The minimum absolute atomic E-state index is 0.586. The molecule has 3 heteroatoms. The van der Waals surface area contributed by atoms with E-state index in [1.54, 1.807) is 0 Å². The molecule has 2 heterocycles. The van der Waals surface area contributed by atoms with Crippen LogP contribution in [0.15, 0.2) is 24.5 Å². The summed E-state index contributed by atoms with van der Waals surface area (Å²) in [5.74, 6) is 0. The van der Waals surface area contributed by atoms with Crippen molar-refractivity contribution in [3.63, 3.8) is 0 Å². The molecule has 0 aromatic carbocycles. The van der Waals surface area contributed by atoms with E-state index in [0.717, 1.165) is 19.6 Å². The third-order valence-corrected chi connectivity index (χ3v) is 2.87. The normalized spacial score (nSPS) is 20.9. The van der Waals surface area contributed by atoms with Crippen LogP contribution in [-0.4, -0.2) is 42.2 Å². The molecule has 1 N–H and O–H groups in total. The van der Waals surface area contributed by atoms with Crippen LogP contribution in [0.25, 0.3) is 0 Å². The van der Waals surface area contributed by atoms with Gasteiger partial charge in [0, 0.05) is 51.2 Å². The van der Waals surface area contributed by atoms with Gasteiger partial charge in [-0.2, -0.15) is 0 Å². The maximum atomic E-state index is 3.37. The second kappa shape index (κ2) is 4.62. The fourth-order valence-corrected chi connectivity index (χ4v) is 2.00. The molecule has 0 radical (unpaired) electrons. The largest absolute Gasteiger partial charge is 0.350 e. The fourth-order valence-electron chi connectivity index (χ4n) is 2.00. The van der Waals surface area contributed by atoms with Gasteiger partial charge in [-0.05, 0) is 19.1 Å². The number of hydrogen-bond acceptors (Lipinski definition) is 2. The molecule has 1 aromatic heterocycles. The van der Waals surface area contributed by atoms with Gasteiger partial charge >= 0.3 is 0 Å². The predicted molar refractivity (Wildman–Crippen MR) is 58.5 cm³/mol. The fraction of sp³-hybridized carbons (Fsp3) is 0.636. The van der Waals surface area contributed by atoms with E-state index in [1.807, 2.05) is 0 Å². The van der Waals surface area contributed by atoms with Crippen LogP contribution in [0.5, 0.6) is 0 Å². The Hall–Kier alpha value is -0.800. The summed E-state index contributed by atoms with van der Waals surface area (Å²) < 4.78 is 2.28. The molecule has 78 valence electrons. The molecule has 0 amide bonds. The van der Waals surface area contributed by atoms with E-state index in [9.17, 15) is 0 Å². The SMILES string of the molecule is CC(CN1CCNCC1)n1cccc1. The van der Waals surface area contributed by atoms with Crippen molar-refractivity contribution >= 4 is 0 Å². The van der Waals surface area contributed by atoms with Gasteiger partial charge < -0.3 is 9.88 Å². The first-order valence-electron chi connectivity index (χ1n) is 5.42. The lowest BCUT2D eigenvalue weighted by Crippen LogP contribution is -2.45. The number of rotatable bonds is 3. The molecular weight excluding hydrogens is 174 g/mol. The van der Waals surface area contributed by atoms with E-state index in [-0.39, 0.29) is 0 Å². The second-order valence-electron chi connectivity index (χ2n) is 4.03. The first kappa shape index (κ1) is 9.74. The Bertz CT molecular complexity index is 250. The standard InChI is InChI=1S/C11H19N3/c1-11(14-6-2-3-7-14)10-13-8-4-12-5-9-13/h2-3,6-7,11-12H,4-5,8-10H2,1H3. The van der Waals surface area contributed by atoms with Gasteiger partial charge in [0.2, 0.25) is 0 Å². The maximum Gasteiger partial charge on any atom is 0.0429 e. The molecule has 1 fully saturated rings. The molecule has 1 unspecified atom stereocenters. The van der Waals surface area contributed by atoms with Crippen LogP contribution in [0.1, 0.15) is 13.0 Å². The quantitative estimate of drug-likeness (QED) is 0.771. The minimum Gasteiger partial charge on any atom is -0.350 e. The van der Waals surface area contributed by atoms with Gasteiger partial charge in [-0.1, -0.05) is 0 Å². The average molecular weight is 193 g/mol. The Morgan fingerprint density at radius 1 is 1.21 bits per heavy atom. The number of hydrogen-bond donors (Lipinski definition) is 1. The van der Waals surface area contributed by atoms with Gasteiger partial charge in [-0.3, -0.25) is 4.90 Å². The summed E-state index contributed by atoms with van der Waals surface area (Å²) in [6.45, 7) is 8.09. The van der Waals surface area contributed by atoms with Crippen LogP contribution < -0.4 is 5.32 Å². The molecule has 14 heavy (non-hydrogen) atoms. The highest BCUT2D eigenvalue weighted by Gasteiger charge is 2.12. The maximum absolute atomic E-state index is 3.37. The highest BCUT2D eigenvalue weighted by Crippen LogP contribution is 2.08. The molecule has 1 aromatic rings. The molecule has 1 aliphatic heterocycles. The van der Waals surface area contributed by atoms with E-state index in [0.29, 0.717) is 6.04 Å². The highest BCUT2D eigenvalue weighted by molar-refractivity contribution is 4.93. The lowest BCUT2D eigenvalue weighted by Gasteiger charge is -2.30. The summed E-state index contributed by atoms with van der Waals surface area (Å²) in [7, 11) is 0. The van der Waals surface area contributed by atoms with E-state index in [4.69, 9.17) is 0 Å². The number of nitrogens with zero attached hydrogens (tertiary/aromatic N) is 2. The molecule has 0 spiro atoms. The van der Waals surface area contributed by atoms with Crippen LogP contribution in [0, 0.1) is 0 Å². The Morgan fingerprint density at radius 2 is 1.86 bits per heavy atom. The van der Waals surface area contributed by atoms with E-state index < -0.39 is 0 Å². The summed E-state index contributed by atoms with van der Waals surface area (Å²) in [4.78, 5) is 2.53. The smallest absolute Gasteiger partial charge is 0.0429 e. The van der Waals surface area contributed by atoms with Crippen LogP contribution >= 0.6 is 0 Å². The van der Waals surface area contributed by atoms with Crippen molar-refractivity contribution < 1.29 is 0 Å². The van der Waals surface area contributed by atoms with Crippen LogP contribution in [0.2, 0.25) is 0 Å². The van der Waals surface area contributed by atoms with Crippen molar-refractivity contribution in [2.75, 3.05) is 32.7 Å². The van der Waals surface area contributed by atoms with Crippen LogP contribution in [0.3, 0.4) is 0 Å². The third kappa shape index (κ3) is 2.36. The minimum atomic E-state index is 0.586. The Balaban J connectivity index is 1.84. The Kier molecular flexibility index (Phi) is 3.22.